The van der Waals surface area contributed by atoms with Crippen LogP contribution in [-0.2, 0) is 19.1 Å². The van der Waals surface area contributed by atoms with Gasteiger partial charge in [-0.05, 0) is 31.0 Å². The molecule has 0 saturated heterocycles. The van der Waals surface area contributed by atoms with Gasteiger partial charge in [0, 0.05) is 35.0 Å². The fraction of sp³-hybridized carbons (Fsp3) is 0.364. The molecule has 0 atom stereocenters. The van der Waals surface area contributed by atoms with E-state index in [2.05, 4.69) is 22.2 Å². The maximum Gasteiger partial charge on any atom is 0.459 e. The van der Waals surface area contributed by atoms with Crippen LogP contribution >= 0.6 is 11.6 Å². The maximum absolute atomic E-state index is 13.9. The van der Waals surface area contributed by atoms with Gasteiger partial charge in [-0.1, -0.05) is 23.3 Å². The summed E-state index contributed by atoms with van der Waals surface area (Å²) in [5.74, 6) is -6.26. The number of benzene rings is 1. The van der Waals surface area contributed by atoms with Crippen LogP contribution in [0.1, 0.15) is 29.7 Å². The third-order valence-electron chi connectivity index (χ3n) is 6.00. The highest BCUT2D eigenvalue weighted by atomic mass is 35.5. The lowest BCUT2D eigenvalue weighted by Crippen LogP contribution is -2.43. The second-order valence-electron chi connectivity index (χ2n) is 8.72. The Hall–Kier alpha value is -3.30. The van der Waals surface area contributed by atoms with Crippen molar-refractivity contribution in [1.82, 2.24) is 20.3 Å². The summed E-state index contributed by atoms with van der Waals surface area (Å²) in [6.07, 6.45) is -17.1. The number of alkyl halides is 11. The van der Waals surface area contributed by atoms with Crippen molar-refractivity contribution in [2.24, 2.45) is 7.05 Å². The summed E-state index contributed by atoms with van der Waals surface area (Å²) in [6.45, 7) is 3.57. The summed E-state index contributed by atoms with van der Waals surface area (Å²) in [6, 6.07) is 4.48. The first-order valence-corrected chi connectivity index (χ1v) is 11.0. The molecule has 0 spiro atoms. The lowest BCUT2D eigenvalue weighted by atomic mass is 10.0. The van der Waals surface area contributed by atoms with Crippen LogP contribution in [-0.4, -0.2) is 32.8 Å². The van der Waals surface area contributed by atoms with Crippen molar-refractivity contribution in [2.45, 2.75) is 42.8 Å². The molecule has 0 bridgehead atoms. The first-order valence-electron chi connectivity index (χ1n) is 10.6. The zero-order chi connectivity index (χ0) is 29.3. The molecule has 2 heterocycles. The van der Waals surface area contributed by atoms with Crippen molar-refractivity contribution < 1.29 is 52.8 Å². The first-order chi connectivity index (χ1) is 17.7. The fourth-order valence-corrected chi connectivity index (χ4v) is 4.07. The molecule has 1 aliphatic rings. The zero-order valence-electron chi connectivity index (χ0n) is 19.2. The Labute approximate surface area is 216 Å². The van der Waals surface area contributed by atoms with Crippen LogP contribution in [0.15, 0.2) is 35.4 Å². The average Bonchev–Trinajstić information content (AvgIpc) is 3.26. The van der Waals surface area contributed by atoms with Crippen LogP contribution in [0, 0.1) is 0 Å². The van der Waals surface area contributed by atoms with Crippen LogP contribution in [0.2, 0.25) is 5.02 Å². The van der Waals surface area contributed by atoms with Gasteiger partial charge < -0.3 is 9.84 Å². The predicted molar refractivity (Wildman–Crippen MR) is 114 cm³/mol. The fourth-order valence-electron chi connectivity index (χ4n) is 3.83. The molecule has 1 fully saturated rings. The lowest BCUT2D eigenvalue weighted by molar-refractivity contribution is -0.292. The third-order valence-corrected chi connectivity index (χ3v) is 6.33. The van der Waals surface area contributed by atoms with Crippen LogP contribution in [0.25, 0.3) is 28.4 Å². The summed E-state index contributed by atoms with van der Waals surface area (Å²) in [5, 5.41) is 8.41. The molecule has 212 valence electrons. The number of nitrogens with zero attached hydrogens (tertiary/aromatic N) is 3. The molecule has 0 aliphatic heterocycles. The van der Waals surface area contributed by atoms with E-state index in [1.54, 1.807) is 0 Å². The highest BCUT2D eigenvalue weighted by Gasteiger charge is 2.65. The molecule has 3 aromatic rings. The van der Waals surface area contributed by atoms with Gasteiger partial charge in [0.15, 0.2) is 11.5 Å². The van der Waals surface area contributed by atoms with E-state index in [4.69, 9.17) is 16.1 Å². The van der Waals surface area contributed by atoms with E-state index in [9.17, 15) is 48.3 Å². The summed E-state index contributed by atoms with van der Waals surface area (Å²) >= 11 is 6.09. The van der Waals surface area contributed by atoms with Gasteiger partial charge in [0.2, 0.25) is 0 Å². The van der Waals surface area contributed by atoms with Gasteiger partial charge in [-0.3, -0.25) is 4.68 Å². The molecular formula is C22H14ClF11N4O. The first kappa shape index (κ1) is 28.7. The Morgan fingerprint density at radius 2 is 1.64 bits per heavy atom. The van der Waals surface area contributed by atoms with Gasteiger partial charge in [-0.25, -0.2) is 0 Å². The van der Waals surface area contributed by atoms with E-state index >= 15 is 0 Å². The van der Waals surface area contributed by atoms with Crippen LogP contribution in [0.4, 0.5) is 48.3 Å². The number of aryl methyl sites for hydroxylation is 1. The molecule has 0 amide bonds. The van der Waals surface area contributed by atoms with Crippen molar-refractivity contribution in [3.05, 3.63) is 52.7 Å². The van der Waals surface area contributed by atoms with E-state index in [-0.39, 0.29) is 45.1 Å². The molecule has 1 saturated carbocycles. The van der Waals surface area contributed by atoms with Crippen molar-refractivity contribution in [3.8, 4) is 22.7 Å². The summed E-state index contributed by atoms with van der Waals surface area (Å²) in [4.78, 5) is 0. The predicted octanol–water partition coefficient (Wildman–Crippen LogP) is 7.72. The minimum atomic E-state index is -6.38. The third kappa shape index (κ3) is 4.94. The maximum atomic E-state index is 13.9. The molecule has 0 unspecified atom stereocenters. The van der Waals surface area contributed by atoms with Crippen LogP contribution < -0.4 is 5.32 Å². The minimum absolute atomic E-state index is 0.0181. The number of halogens is 12. The second kappa shape index (κ2) is 8.86. The average molecular weight is 595 g/mol. The van der Waals surface area contributed by atoms with Crippen molar-refractivity contribution in [2.75, 3.05) is 0 Å². The highest BCUT2D eigenvalue weighted by molar-refractivity contribution is 6.32. The van der Waals surface area contributed by atoms with Gasteiger partial charge in [-0.2, -0.15) is 53.4 Å². The molecule has 0 radical (unpaired) electrons. The molecule has 5 nitrogen and oxygen atoms in total. The molecule has 1 aromatic carbocycles. The van der Waals surface area contributed by atoms with Crippen molar-refractivity contribution in [1.29, 1.82) is 0 Å². The Morgan fingerprint density at radius 1 is 1.03 bits per heavy atom. The largest absolute Gasteiger partial charge is 0.459 e. The topological polar surface area (TPSA) is 55.9 Å². The molecule has 4 rings (SSSR count). The summed E-state index contributed by atoms with van der Waals surface area (Å²) in [5.41, 5.74) is -9.39. The van der Waals surface area contributed by atoms with Gasteiger partial charge >= 0.3 is 24.5 Å². The van der Waals surface area contributed by atoms with Crippen molar-refractivity contribution in [3.63, 3.8) is 0 Å². The summed E-state index contributed by atoms with van der Waals surface area (Å²) in [7, 11) is 0.708. The standard InChI is InChI=1S/C22H14ClF11N4O/c1-9(35-18(5-6-18)21(29,30)31)11-7-10(3-4-12(11)23)14-8-13(37-39-14)16-15(20(26,27)28)17(36-38(16)2)19(24,25)22(32,33)34/h3-4,7-8,35H,1,5-6H2,2H3. The number of rotatable bonds is 6. The van der Waals surface area contributed by atoms with E-state index < -0.39 is 52.6 Å². The SMILES string of the molecule is C=C(NC1(C(F)(F)F)CC1)c1cc(-c2cc(-c3c(C(F)(F)F)c(C(F)(F)C(F)(F)F)nn3C)no2)ccc1Cl. The minimum Gasteiger partial charge on any atom is -0.371 e. The van der Waals surface area contributed by atoms with E-state index in [1.807, 2.05) is 0 Å². The second-order valence-corrected chi connectivity index (χ2v) is 9.13. The van der Waals surface area contributed by atoms with E-state index in [1.165, 1.54) is 18.2 Å². The Balaban J connectivity index is 1.75. The smallest absolute Gasteiger partial charge is 0.371 e. The Kier molecular flexibility index (Phi) is 6.52. The molecule has 1 aliphatic carbocycles. The number of hydrogen-bond donors (Lipinski definition) is 1. The van der Waals surface area contributed by atoms with Gasteiger partial charge in [0.1, 0.15) is 22.5 Å². The van der Waals surface area contributed by atoms with E-state index in [0.29, 0.717) is 7.05 Å². The number of nitrogens with one attached hydrogen (secondary N) is 1. The number of aromatic nitrogens is 3. The molecular weight excluding hydrogens is 581 g/mol. The Morgan fingerprint density at radius 3 is 2.15 bits per heavy atom. The molecule has 17 heteroatoms. The molecule has 39 heavy (non-hydrogen) atoms. The van der Waals surface area contributed by atoms with Gasteiger partial charge in [0.25, 0.3) is 0 Å². The number of hydrogen-bond acceptors (Lipinski definition) is 4. The van der Waals surface area contributed by atoms with Gasteiger partial charge in [0.05, 0.1) is 0 Å². The molecule has 2 aromatic heterocycles. The highest BCUT2D eigenvalue weighted by Crippen LogP contribution is 2.51. The normalized spacial score (nSPS) is 15.9. The molecule has 1 N–H and O–H groups in total. The summed E-state index contributed by atoms with van der Waals surface area (Å²) < 4.78 is 153. The van der Waals surface area contributed by atoms with E-state index in [0.717, 1.165) is 6.07 Å². The van der Waals surface area contributed by atoms with Crippen LogP contribution in [0.3, 0.4) is 0 Å². The quantitative estimate of drug-likeness (QED) is 0.297. The lowest BCUT2D eigenvalue weighted by Gasteiger charge is -2.23. The Bertz CT molecular complexity index is 1430. The zero-order valence-corrected chi connectivity index (χ0v) is 20.0. The van der Waals surface area contributed by atoms with Crippen molar-refractivity contribution >= 4 is 17.3 Å². The van der Waals surface area contributed by atoms with Crippen LogP contribution in [0.5, 0.6) is 0 Å². The monoisotopic (exact) mass is 594 g/mol. The van der Waals surface area contributed by atoms with Gasteiger partial charge in [-0.15, -0.1) is 0 Å².